The summed E-state index contributed by atoms with van der Waals surface area (Å²) in [5, 5.41) is 4.03. The van der Waals surface area contributed by atoms with Crippen molar-refractivity contribution in [1.29, 1.82) is 0 Å². The highest BCUT2D eigenvalue weighted by atomic mass is 16.5. The Morgan fingerprint density at radius 2 is 1.91 bits per heavy atom. The van der Waals surface area contributed by atoms with Gasteiger partial charge in [0.15, 0.2) is 12.4 Å². The number of ether oxygens (including phenoxy) is 1. The van der Waals surface area contributed by atoms with Gasteiger partial charge in [-0.15, -0.1) is 0 Å². The Kier molecular flexibility index (Phi) is 4.16. The van der Waals surface area contributed by atoms with E-state index in [0.717, 1.165) is 31.4 Å². The van der Waals surface area contributed by atoms with E-state index in [1.54, 1.807) is 0 Å². The molecule has 5 nitrogen and oxygen atoms in total. The molecule has 0 saturated heterocycles. The van der Waals surface area contributed by atoms with Gasteiger partial charge in [-0.05, 0) is 36.5 Å². The molecule has 3 rings (SSSR count). The summed E-state index contributed by atoms with van der Waals surface area (Å²) in [5.74, 6) is 2.39. The molecule has 5 heteroatoms. The zero-order chi connectivity index (χ0) is 15.6. The molecule has 1 fully saturated rings. The summed E-state index contributed by atoms with van der Waals surface area (Å²) in [6.07, 6.45) is 4.09. The molecule has 1 aromatic heterocycles. The topological polar surface area (TPSA) is 74.2 Å². The predicted octanol–water partition coefficient (Wildman–Crippen LogP) is 3.50. The highest BCUT2D eigenvalue weighted by Gasteiger charge is 2.35. The molecule has 1 aromatic carbocycles. The van der Waals surface area contributed by atoms with Gasteiger partial charge < -0.3 is 15.0 Å². The average molecular weight is 301 g/mol. The molecule has 1 aliphatic carbocycles. The maximum absolute atomic E-state index is 6.32. The van der Waals surface area contributed by atoms with E-state index in [1.807, 2.05) is 12.1 Å². The molecule has 0 atom stereocenters. The quantitative estimate of drug-likeness (QED) is 0.915. The standard InChI is InChI=1S/C17H23N3O2/c1-12(2)13-5-7-14(8-6-13)21-11-15-19-16(20-22-15)17(18)9-3-4-10-17/h5-8,12H,3-4,9-11,18H2,1-2H3. The van der Waals surface area contributed by atoms with Crippen molar-refractivity contribution in [2.45, 2.75) is 57.6 Å². The van der Waals surface area contributed by atoms with Gasteiger partial charge in [0.05, 0.1) is 5.54 Å². The molecular formula is C17H23N3O2. The van der Waals surface area contributed by atoms with Crippen LogP contribution in [0.15, 0.2) is 28.8 Å². The van der Waals surface area contributed by atoms with Crippen LogP contribution < -0.4 is 10.5 Å². The van der Waals surface area contributed by atoms with Crippen LogP contribution in [0.2, 0.25) is 0 Å². The van der Waals surface area contributed by atoms with E-state index in [9.17, 15) is 0 Å². The number of aromatic nitrogens is 2. The molecule has 118 valence electrons. The zero-order valence-corrected chi connectivity index (χ0v) is 13.2. The first kappa shape index (κ1) is 15.0. The van der Waals surface area contributed by atoms with E-state index < -0.39 is 5.54 Å². The number of benzene rings is 1. The Bertz CT molecular complexity index is 613. The molecule has 2 N–H and O–H groups in total. The molecule has 2 aromatic rings. The van der Waals surface area contributed by atoms with Crippen LogP contribution in [0.1, 0.15) is 62.7 Å². The van der Waals surface area contributed by atoms with Gasteiger partial charge in [0.2, 0.25) is 0 Å². The number of hydrogen-bond donors (Lipinski definition) is 1. The molecule has 0 bridgehead atoms. The van der Waals surface area contributed by atoms with Gasteiger partial charge in [-0.1, -0.05) is 44.0 Å². The van der Waals surface area contributed by atoms with Crippen LogP contribution in [0, 0.1) is 0 Å². The first-order valence-electron chi connectivity index (χ1n) is 7.91. The Morgan fingerprint density at radius 3 is 2.55 bits per heavy atom. The molecule has 1 heterocycles. The summed E-state index contributed by atoms with van der Waals surface area (Å²) in [5.41, 5.74) is 7.19. The van der Waals surface area contributed by atoms with Gasteiger partial charge in [0.1, 0.15) is 5.75 Å². The van der Waals surface area contributed by atoms with Crippen LogP contribution in [0.3, 0.4) is 0 Å². The highest BCUT2D eigenvalue weighted by molar-refractivity contribution is 5.28. The third-order valence-electron chi connectivity index (χ3n) is 4.32. The highest BCUT2D eigenvalue weighted by Crippen LogP contribution is 2.34. The molecule has 0 unspecified atom stereocenters. The summed E-state index contributed by atoms with van der Waals surface area (Å²) >= 11 is 0. The van der Waals surface area contributed by atoms with Crippen LogP contribution in [-0.4, -0.2) is 10.1 Å². The molecule has 1 saturated carbocycles. The normalized spacial score (nSPS) is 17.1. The maximum atomic E-state index is 6.32. The van der Waals surface area contributed by atoms with E-state index in [1.165, 1.54) is 5.56 Å². The van der Waals surface area contributed by atoms with Gasteiger partial charge in [-0.25, -0.2) is 0 Å². The Balaban J connectivity index is 1.61. The fourth-order valence-corrected chi connectivity index (χ4v) is 2.84. The second-order valence-electron chi connectivity index (χ2n) is 6.39. The number of hydrogen-bond acceptors (Lipinski definition) is 5. The lowest BCUT2D eigenvalue weighted by atomic mass is 9.99. The molecule has 0 spiro atoms. The minimum atomic E-state index is -0.416. The first-order valence-corrected chi connectivity index (χ1v) is 7.91. The zero-order valence-electron chi connectivity index (χ0n) is 13.2. The summed E-state index contributed by atoms with van der Waals surface area (Å²) < 4.78 is 11.0. The molecule has 0 radical (unpaired) electrons. The number of nitrogens with two attached hydrogens (primary N) is 1. The summed E-state index contributed by atoms with van der Waals surface area (Å²) in [6, 6.07) is 8.08. The molecular weight excluding hydrogens is 278 g/mol. The predicted molar refractivity (Wildman–Crippen MR) is 83.5 cm³/mol. The Morgan fingerprint density at radius 1 is 1.23 bits per heavy atom. The maximum Gasteiger partial charge on any atom is 0.264 e. The van der Waals surface area contributed by atoms with E-state index in [2.05, 4.69) is 36.1 Å². The molecule has 1 aliphatic rings. The summed E-state index contributed by atoms with van der Waals surface area (Å²) in [6.45, 7) is 4.60. The molecule has 22 heavy (non-hydrogen) atoms. The van der Waals surface area contributed by atoms with Crippen molar-refractivity contribution in [2.75, 3.05) is 0 Å². The van der Waals surface area contributed by atoms with Gasteiger partial charge in [-0.3, -0.25) is 0 Å². The third kappa shape index (κ3) is 3.14. The minimum Gasteiger partial charge on any atom is -0.484 e. The van der Waals surface area contributed by atoms with E-state index in [-0.39, 0.29) is 6.61 Å². The fraction of sp³-hybridized carbons (Fsp3) is 0.529. The van der Waals surface area contributed by atoms with Crippen molar-refractivity contribution >= 4 is 0 Å². The lowest BCUT2D eigenvalue weighted by molar-refractivity contribution is 0.241. The lowest BCUT2D eigenvalue weighted by Crippen LogP contribution is -2.34. The van der Waals surface area contributed by atoms with Crippen molar-refractivity contribution < 1.29 is 9.26 Å². The van der Waals surface area contributed by atoms with Crippen molar-refractivity contribution in [3.63, 3.8) is 0 Å². The second-order valence-corrected chi connectivity index (χ2v) is 6.39. The van der Waals surface area contributed by atoms with Crippen LogP contribution in [0.5, 0.6) is 5.75 Å². The van der Waals surface area contributed by atoms with E-state index >= 15 is 0 Å². The van der Waals surface area contributed by atoms with E-state index in [0.29, 0.717) is 17.6 Å². The average Bonchev–Trinajstić information content (AvgIpc) is 3.15. The Labute approximate surface area is 130 Å². The van der Waals surface area contributed by atoms with E-state index in [4.69, 9.17) is 15.0 Å². The Hall–Kier alpha value is -1.88. The molecule has 0 amide bonds. The van der Waals surface area contributed by atoms with Crippen LogP contribution in [0.4, 0.5) is 0 Å². The van der Waals surface area contributed by atoms with Crippen molar-refractivity contribution in [2.24, 2.45) is 5.73 Å². The summed E-state index contributed by atoms with van der Waals surface area (Å²) in [4.78, 5) is 4.40. The minimum absolute atomic E-state index is 0.268. The van der Waals surface area contributed by atoms with Crippen LogP contribution in [-0.2, 0) is 12.1 Å². The fourth-order valence-electron chi connectivity index (χ4n) is 2.84. The monoisotopic (exact) mass is 301 g/mol. The number of nitrogens with zero attached hydrogens (tertiary/aromatic N) is 2. The van der Waals surface area contributed by atoms with Gasteiger partial charge in [0, 0.05) is 0 Å². The van der Waals surface area contributed by atoms with Crippen LogP contribution in [0.25, 0.3) is 0 Å². The van der Waals surface area contributed by atoms with Crippen molar-refractivity contribution in [3.8, 4) is 5.75 Å². The van der Waals surface area contributed by atoms with Crippen molar-refractivity contribution in [3.05, 3.63) is 41.5 Å². The third-order valence-corrected chi connectivity index (χ3v) is 4.32. The van der Waals surface area contributed by atoms with Gasteiger partial charge in [0.25, 0.3) is 5.89 Å². The lowest BCUT2D eigenvalue weighted by Gasteiger charge is -2.17. The second kappa shape index (κ2) is 6.08. The largest absolute Gasteiger partial charge is 0.484 e. The van der Waals surface area contributed by atoms with Gasteiger partial charge >= 0.3 is 0 Å². The SMILES string of the molecule is CC(C)c1ccc(OCc2nc(C3(N)CCCC3)no2)cc1. The van der Waals surface area contributed by atoms with Crippen LogP contribution >= 0.6 is 0 Å². The summed E-state index contributed by atoms with van der Waals surface area (Å²) in [7, 11) is 0. The molecule has 0 aliphatic heterocycles. The first-order chi connectivity index (χ1) is 10.6. The van der Waals surface area contributed by atoms with Gasteiger partial charge in [-0.2, -0.15) is 4.98 Å². The number of rotatable bonds is 5. The smallest absolute Gasteiger partial charge is 0.264 e. The van der Waals surface area contributed by atoms with Crippen molar-refractivity contribution in [1.82, 2.24) is 10.1 Å².